The molecule has 0 bridgehead atoms. The Morgan fingerprint density at radius 1 is 1.04 bits per heavy atom. The lowest BCUT2D eigenvalue weighted by atomic mass is 10.0. The molecule has 15 heteroatoms. The van der Waals surface area contributed by atoms with Crippen molar-refractivity contribution in [3.8, 4) is 0 Å². The highest BCUT2D eigenvalue weighted by Crippen LogP contribution is 2.46. The highest BCUT2D eigenvalue weighted by atomic mass is 32.2. The number of halogens is 1. The van der Waals surface area contributed by atoms with Gasteiger partial charge >= 0.3 is 12.1 Å². The molecule has 2 heterocycles. The van der Waals surface area contributed by atoms with Gasteiger partial charge in [-0.15, -0.1) is 0 Å². The van der Waals surface area contributed by atoms with Gasteiger partial charge in [0.25, 0.3) is 5.91 Å². The van der Waals surface area contributed by atoms with E-state index in [1.54, 1.807) is 26.8 Å². The van der Waals surface area contributed by atoms with Gasteiger partial charge in [-0.2, -0.15) is 0 Å². The minimum atomic E-state index is -3.91. The summed E-state index contributed by atoms with van der Waals surface area (Å²) in [4.78, 5) is 68.6. The molecule has 5 rings (SSSR count). The van der Waals surface area contributed by atoms with Crippen LogP contribution in [0, 0.1) is 11.7 Å². The molecule has 0 aromatic heterocycles. The predicted molar refractivity (Wildman–Crippen MR) is 170 cm³/mol. The van der Waals surface area contributed by atoms with Crippen LogP contribution in [0.5, 0.6) is 0 Å². The Balaban J connectivity index is 1.42. The largest absolute Gasteiger partial charge is 0.457 e. The fourth-order valence-electron chi connectivity index (χ4n) is 6.10. The number of carbonyl (C=O) groups is 5. The van der Waals surface area contributed by atoms with Gasteiger partial charge in [0.2, 0.25) is 21.8 Å². The number of fused-ring (bicyclic) bond motifs is 2. The number of nitrogens with zero attached hydrogens (tertiary/aromatic N) is 1. The van der Waals surface area contributed by atoms with Crippen LogP contribution in [0.4, 0.5) is 9.18 Å². The van der Waals surface area contributed by atoms with Crippen LogP contribution in [-0.4, -0.2) is 84.2 Å². The van der Waals surface area contributed by atoms with E-state index >= 15 is 0 Å². The lowest BCUT2D eigenvalue weighted by Gasteiger charge is -2.30. The summed E-state index contributed by atoms with van der Waals surface area (Å²) in [6.07, 6.45) is 5.81. The monoisotopic (exact) mass is 690 g/mol. The fourth-order valence-corrected chi connectivity index (χ4v) is 7.47. The van der Waals surface area contributed by atoms with Crippen molar-refractivity contribution in [3.05, 3.63) is 47.8 Å². The minimum absolute atomic E-state index is 0.0706. The van der Waals surface area contributed by atoms with Gasteiger partial charge in [0, 0.05) is 12.3 Å². The van der Waals surface area contributed by atoms with Crippen molar-refractivity contribution < 1.29 is 46.3 Å². The minimum Gasteiger partial charge on any atom is -0.457 e. The Bertz CT molecular complexity index is 1570. The van der Waals surface area contributed by atoms with E-state index in [4.69, 9.17) is 9.47 Å². The predicted octanol–water partition coefficient (Wildman–Crippen LogP) is 2.85. The fraction of sp³-hybridized carbons (Fsp3) is 0.606. The van der Waals surface area contributed by atoms with Crippen LogP contribution in [0.25, 0.3) is 0 Å². The quantitative estimate of drug-likeness (QED) is 0.299. The number of rotatable bonds is 6. The van der Waals surface area contributed by atoms with Gasteiger partial charge in [-0.1, -0.05) is 25.0 Å². The Morgan fingerprint density at radius 3 is 2.42 bits per heavy atom. The summed E-state index contributed by atoms with van der Waals surface area (Å²) in [6.45, 7) is 4.86. The molecule has 2 aliphatic heterocycles. The first-order valence-electron chi connectivity index (χ1n) is 16.4. The van der Waals surface area contributed by atoms with E-state index in [1.807, 2.05) is 6.08 Å². The Hall–Kier alpha value is -4.01. The second-order valence-electron chi connectivity index (χ2n) is 14.0. The molecule has 1 saturated heterocycles. The summed E-state index contributed by atoms with van der Waals surface area (Å²) in [5.41, 5.74) is -2.32. The number of carbonyl (C=O) groups excluding carboxylic acids is 5. The maximum absolute atomic E-state index is 14.1. The van der Waals surface area contributed by atoms with Gasteiger partial charge in [-0.25, -0.2) is 22.4 Å². The summed E-state index contributed by atoms with van der Waals surface area (Å²) < 4.78 is 52.0. The van der Waals surface area contributed by atoms with Gasteiger partial charge in [0.15, 0.2) is 0 Å². The second kappa shape index (κ2) is 13.8. The zero-order chi connectivity index (χ0) is 34.9. The Labute approximate surface area is 279 Å². The number of allylic oxidation sites excluding steroid dienone is 1. The van der Waals surface area contributed by atoms with Gasteiger partial charge in [-0.05, 0) is 83.6 Å². The zero-order valence-electron chi connectivity index (χ0n) is 27.3. The maximum atomic E-state index is 14.1. The molecular formula is C33H43FN4O9S. The zero-order valence-corrected chi connectivity index (χ0v) is 28.1. The summed E-state index contributed by atoms with van der Waals surface area (Å²) in [5, 5.41) is 4.74. The lowest BCUT2D eigenvalue weighted by molar-refractivity contribution is -0.141. The molecule has 2 saturated carbocycles. The third-order valence-electron chi connectivity index (χ3n) is 8.89. The standard InChI is InChI=1S/C33H43FN4O9S/c1-32(2,3)47-31(43)35-25-10-8-6-4-5-7-9-21-18-33(21,30(42)37-48(44,45)24-15-16-24)36-27(39)26-17-23(19-38(26)28(25)40)46-29(41)20-11-13-22(34)14-12-20/h7,9,11-14,21,23-26H,4-6,8,10,15-19H2,1-3H3,(H,35,43)(H,36,39)(H,37,42)/b9-7-/t21-,23-,25+,26+,33-/m1/s1. The van der Waals surface area contributed by atoms with Gasteiger partial charge in [-0.3, -0.25) is 19.1 Å². The van der Waals surface area contributed by atoms with Crippen LogP contribution in [-0.2, 0) is 33.9 Å². The van der Waals surface area contributed by atoms with Crippen molar-refractivity contribution in [3.63, 3.8) is 0 Å². The Morgan fingerprint density at radius 2 is 1.75 bits per heavy atom. The van der Waals surface area contributed by atoms with Crippen molar-refractivity contribution in [2.45, 2.75) is 113 Å². The number of nitrogens with one attached hydrogen (secondary N) is 3. The van der Waals surface area contributed by atoms with E-state index in [0.717, 1.165) is 25.0 Å². The number of esters is 1. The maximum Gasteiger partial charge on any atom is 0.408 e. The SMILES string of the molecule is CC(C)(C)OC(=O)N[C@H]1CCCCC/C=C\[C@@H]2C[C@@]2(C(=O)NS(=O)(=O)C2CC2)NC(=O)[C@@H]2C[C@@H](OC(=O)c3ccc(F)cc3)CN2C1=O. The number of hydrogen-bond donors (Lipinski definition) is 3. The first-order chi connectivity index (χ1) is 22.6. The number of hydrogen-bond acceptors (Lipinski definition) is 9. The van der Waals surface area contributed by atoms with Crippen molar-refractivity contribution in [1.29, 1.82) is 0 Å². The summed E-state index contributed by atoms with van der Waals surface area (Å²) in [5.74, 6) is -3.98. The van der Waals surface area contributed by atoms with E-state index in [9.17, 15) is 36.8 Å². The molecule has 0 spiro atoms. The van der Waals surface area contributed by atoms with Crippen LogP contribution in [0.3, 0.4) is 0 Å². The highest BCUT2D eigenvalue weighted by Gasteiger charge is 2.62. The van der Waals surface area contributed by atoms with Gasteiger partial charge in [0.05, 0.1) is 17.4 Å². The van der Waals surface area contributed by atoms with E-state index in [0.29, 0.717) is 25.7 Å². The average Bonchev–Trinajstić information content (AvgIpc) is 3.92. The third kappa shape index (κ3) is 8.52. The third-order valence-corrected chi connectivity index (χ3v) is 10.7. The van der Waals surface area contributed by atoms with Crippen LogP contribution in [0.2, 0.25) is 0 Å². The number of alkyl carbamates (subject to hydrolysis) is 1. The molecule has 0 unspecified atom stereocenters. The molecular weight excluding hydrogens is 647 g/mol. The van der Waals surface area contributed by atoms with E-state index in [2.05, 4.69) is 15.4 Å². The number of ether oxygens (including phenoxy) is 2. The average molecular weight is 691 g/mol. The van der Waals surface area contributed by atoms with Crippen molar-refractivity contribution in [2.24, 2.45) is 5.92 Å². The molecule has 4 aliphatic rings. The molecule has 5 atom stereocenters. The molecule has 4 amide bonds. The van der Waals surface area contributed by atoms with Crippen molar-refractivity contribution in [1.82, 2.24) is 20.3 Å². The lowest BCUT2D eigenvalue weighted by Crippen LogP contribution is -2.58. The van der Waals surface area contributed by atoms with Crippen LogP contribution < -0.4 is 15.4 Å². The van der Waals surface area contributed by atoms with Crippen LogP contribution >= 0.6 is 0 Å². The first kappa shape index (κ1) is 35.3. The molecule has 0 radical (unpaired) electrons. The number of sulfonamides is 1. The first-order valence-corrected chi connectivity index (χ1v) is 17.9. The smallest absolute Gasteiger partial charge is 0.408 e. The van der Waals surface area contributed by atoms with E-state index in [-0.39, 0.29) is 31.4 Å². The van der Waals surface area contributed by atoms with Crippen LogP contribution in [0.15, 0.2) is 36.4 Å². The van der Waals surface area contributed by atoms with E-state index < -0.39 is 86.1 Å². The summed E-state index contributed by atoms with van der Waals surface area (Å²) >= 11 is 0. The molecule has 3 fully saturated rings. The Kier molecular flexibility index (Phi) is 10.2. The highest BCUT2D eigenvalue weighted by molar-refractivity contribution is 7.91. The topological polar surface area (TPSA) is 177 Å². The van der Waals surface area contributed by atoms with Crippen molar-refractivity contribution in [2.75, 3.05) is 6.54 Å². The molecule has 2 aliphatic carbocycles. The molecule has 262 valence electrons. The summed E-state index contributed by atoms with van der Waals surface area (Å²) in [7, 11) is -3.91. The summed E-state index contributed by atoms with van der Waals surface area (Å²) in [6, 6.07) is 2.41. The number of benzene rings is 1. The van der Waals surface area contributed by atoms with Crippen LogP contribution in [0.1, 0.15) is 88.9 Å². The normalized spacial score (nSPS) is 28.8. The van der Waals surface area contributed by atoms with Gasteiger partial charge < -0.3 is 25.0 Å². The molecule has 13 nitrogen and oxygen atoms in total. The van der Waals surface area contributed by atoms with Gasteiger partial charge in [0.1, 0.15) is 35.1 Å². The van der Waals surface area contributed by atoms with E-state index in [1.165, 1.54) is 17.0 Å². The number of amides is 4. The van der Waals surface area contributed by atoms with Crippen molar-refractivity contribution >= 4 is 39.8 Å². The second-order valence-corrected chi connectivity index (χ2v) is 15.9. The molecule has 1 aromatic rings. The molecule has 48 heavy (non-hydrogen) atoms. The molecule has 3 N–H and O–H groups in total. The molecule has 1 aromatic carbocycles.